The van der Waals surface area contributed by atoms with Gasteiger partial charge >= 0.3 is 0 Å². The summed E-state index contributed by atoms with van der Waals surface area (Å²) in [4.78, 5) is 8.51. The summed E-state index contributed by atoms with van der Waals surface area (Å²) < 4.78 is 27.0. The Morgan fingerprint density at radius 1 is 1.20 bits per heavy atom. The zero-order valence-electron chi connectivity index (χ0n) is 11.5. The largest absolute Gasteiger partial charge is 0.307 e. The molecule has 20 heavy (non-hydrogen) atoms. The number of benzene rings is 1. The molecule has 0 bridgehead atoms. The van der Waals surface area contributed by atoms with Crippen LogP contribution in [0.25, 0.3) is 0 Å². The van der Waals surface area contributed by atoms with Crippen LogP contribution in [0.2, 0.25) is 0 Å². The van der Waals surface area contributed by atoms with Crippen molar-refractivity contribution in [1.29, 1.82) is 0 Å². The number of nitrogens with zero attached hydrogens (tertiary/aromatic N) is 2. The lowest BCUT2D eigenvalue weighted by Gasteiger charge is -2.17. The van der Waals surface area contributed by atoms with Gasteiger partial charge in [0.15, 0.2) is 11.6 Å². The quantitative estimate of drug-likeness (QED) is 0.913. The highest BCUT2D eigenvalue weighted by molar-refractivity contribution is 5.21. The van der Waals surface area contributed by atoms with E-state index in [1.165, 1.54) is 6.07 Å². The third-order valence-electron chi connectivity index (χ3n) is 3.02. The van der Waals surface area contributed by atoms with E-state index in [4.69, 9.17) is 0 Å². The van der Waals surface area contributed by atoms with Gasteiger partial charge in [-0.2, -0.15) is 0 Å². The molecule has 0 saturated carbocycles. The molecule has 1 heterocycles. The van der Waals surface area contributed by atoms with Gasteiger partial charge in [0.2, 0.25) is 0 Å². The van der Waals surface area contributed by atoms with Crippen molar-refractivity contribution in [3.05, 3.63) is 59.2 Å². The third-order valence-corrected chi connectivity index (χ3v) is 3.02. The smallest absolute Gasteiger partial charge is 0.162 e. The Morgan fingerprint density at radius 2 is 1.90 bits per heavy atom. The monoisotopic (exact) mass is 277 g/mol. The molecule has 0 saturated heterocycles. The van der Waals surface area contributed by atoms with Crippen LogP contribution in [0.4, 0.5) is 8.78 Å². The lowest BCUT2D eigenvalue weighted by Crippen LogP contribution is -2.25. The molecule has 1 N–H and O–H groups in total. The molecule has 0 spiro atoms. The third kappa shape index (κ3) is 3.36. The second-order valence-electron chi connectivity index (χ2n) is 4.65. The first-order valence-electron chi connectivity index (χ1n) is 6.56. The van der Waals surface area contributed by atoms with Crippen molar-refractivity contribution in [3.8, 4) is 0 Å². The van der Waals surface area contributed by atoms with Gasteiger partial charge in [0, 0.05) is 12.4 Å². The first kappa shape index (κ1) is 14.5. The second-order valence-corrected chi connectivity index (χ2v) is 4.65. The molecule has 0 aliphatic carbocycles. The summed E-state index contributed by atoms with van der Waals surface area (Å²) in [6.45, 7) is 4.54. The minimum Gasteiger partial charge on any atom is -0.307 e. The van der Waals surface area contributed by atoms with E-state index in [0.717, 1.165) is 11.6 Å². The molecule has 0 aliphatic heterocycles. The summed E-state index contributed by atoms with van der Waals surface area (Å²) in [6.07, 6.45) is 3.74. The molecule has 5 heteroatoms. The maximum absolute atomic E-state index is 13.7. The van der Waals surface area contributed by atoms with Crippen molar-refractivity contribution in [2.75, 3.05) is 6.54 Å². The number of halogens is 2. The van der Waals surface area contributed by atoms with E-state index in [2.05, 4.69) is 15.3 Å². The Morgan fingerprint density at radius 3 is 2.55 bits per heavy atom. The molecule has 1 aromatic heterocycles. The Balaban J connectivity index is 2.25. The highest BCUT2D eigenvalue weighted by Crippen LogP contribution is 2.19. The highest BCUT2D eigenvalue weighted by Gasteiger charge is 2.17. The second kappa shape index (κ2) is 6.52. The number of nitrogens with one attached hydrogen (secondary N) is 1. The number of hydrogen-bond acceptors (Lipinski definition) is 3. The van der Waals surface area contributed by atoms with Crippen molar-refractivity contribution in [3.63, 3.8) is 0 Å². The molecule has 1 unspecified atom stereocenters. The zero-order chi connectivity index (χ0) is 14.5. The molecule has 106 valence electrons. The first-order chi connectivity index (χ1) is 9.61. The number of rotatable bonds is 5. The van der Waals surface area contributed by atoms with Gasteiger partial charge in [-0.1, -0.05) is 19.1 Å². The molecule has 0 amide bonds. The van der Waals surface area contributed by atoms with E-state index in [1.807, 2.05) is 13.8 Å². The van der Waals surface area contributed by atoms with E-state index in [-0.39, 0.29) is 6.04 Å². The Labute approximate surface area is 117 Å². The van der Waals surface area contributed by atoms with Gasteiger partial charge in [0.25, 0.3) is 0 Å². The van der Waals surface area contributed by atoms with Crippen LogP contribution in [0.5, 0.6) is 0 Å². The lowest BCUT2D eigenvalue weighted by molar-refractivity contribution is 0.473. The number of hydrogen-bond donors (Lipinski definition) is 1. The van der Waals surface area contributed by atoms with E-state index >= 15 is 0 Å². The first-order valence-corrected chi connectivity index (χ1v) is 6.56. The average Bonchev–Trinajstić information content (AvgIpc) is 2.44. The predicted molar refractivity (Wildman–Crippen MR) is 73.2 cm³/mol. The topological polar surface area (TPSA) is 37.8 Å². The average molecular weight is 277 g/mol. The standard InChI is InChI=1S/C15H17F2N3/c1-3-18-13(15-19-8-10(2)9-20-15)7-11-5-4-6-12(16)14(11)17/h4-6,8-9,13,18H,3,7H2,1-2H3. The van der Waals surface area contributed by atoms with Crippen molar-refractivity contribution in [2.45, 2.75) is 26.3 Å². The van der Waals surface area contributed by atoms with Crippen LogP contribution in [0.15, 0.2) is 30.6 Å². The molecule has 1 atom stereocenters. The minimum atomic E-state index is -0.831. The maximum atomic E-state index is 13.7. The molecule has 0 radical (unpaired) electrons. The van der Waals surface area contributed by atoms with Gasteiger partial charge in [-0.15, -0.1) is 0 Å². The Bertz CT molecular complexity index is 570. The van der Waals surface area contributed by atoms with Crippen LogP contribution in [0.3, 0.4) is 0 Å². The van der Waals surface area contributed by atoms with Crippen molar-refractivity contribution in [1.82, 2.24) is 15.3 Å². The van der Waals surface area contributed by atoms with Crippen LogP contribution < -0.4 is 5.32 Å². The van der Waals surface area contributed by atoms with Gasteiger partial charge in [0.1, 0.15) is 5.82 Å². The lowest BCUT2D eigenvalue weighted by atomic mass is 10.0. The molecule has 0 aliphatic rings. The Hall–Kier alpha value is -1.88. The van der Waals surface area contributed by atoms with Crippen LogP contribution in [-0.2, 0) is 6.42 Å². The van der Waals surface area contributed by atoms with Crippen LogP contribution in [0.1, 0.15) is 29.9 Å². The molecule has 0 fully saturated rings. The minimum absolute atomic E-state index is 0.239. The summed E-state index contributed by atoms with van der Waals surface area (Å²) in [5, 5.41) is 3.20. The summed E-state index contributed by atoms with van der Waals surface area (Å²) >= 11 is 0. The van der Waals surface area contributed by atoms with E-state index in [9.17, 15) is 8.78 Å². The Kier molecular flexibility index (Phi) is 4.74. The molecular weight excluding hydrogens is 260 g/mol. The molecule has 3 nitrogen and oxygen atoms in total. The SMILES string of the molecule is CCNC(Cc1cccc(F)c1F)c1ncc(C)cn1. The van der Waals surface area contributed by atoms with Crippen molar-refractivity contribution >= 4 is 0 Å². The zero-order valence-corrected chi connectivity index (χ0v) is 11.5. The van der Waals surface area contributed by atoms with Gasteiger partial charge in [-0.3, -0.25) is 0 Å². The van der Waals surface area contributed by atoms with Crippen molar-refractivity contribution in [2.24, 2.45) is 0 Å². The molecule has 2 rings (SSSR count). The summed E-state index contributed by atoms with van der Waals surface area (Å²) in [6, 6.07) is 3.96. The maximum Gasteiger partial charge on any atom is 0.162 e. The summed E-state index contributed by atoms with van der Waals surface area (Å²) in [7, 11) is 0. The number of likely N-dealkylation sites (N-methyl/N-ethyl adjacent to an activating group) is 1. The van der Waals surface area contributed by atoms with Gasteiger partial charge in [-0.25, -0.2) is 18.7 Å². The van der Waals surface area contributed by atoms with E-state index in [1.54, 1.807) is 18.5 Å². The fourth-order valence-electron chi connectivity index (χ4n) is 2.01. The fraction of sp³-hybridized carbons (Fsp3) is 0.333. The van der Waals surface area contributed by atoms with Gasteiger partial charge in [-0.05, 0) is 37.1 Å². The molecular formula is C15H17F2N3. The molecule has 1 aromatic carbocycles. The van der Waals surface area contributed by atoms with Gasteiger partial charge in [0.05, 0.1) is 6.04 Å². The fourth-order valence-corrected chi connectivity index (χ4v) is 2.01. The molecule has 2 aromatic rings. The van der Waals surface area contributed by atoms with Gasteiger partial charge < -0.3 is 5.32 Å². The summed E-state index contributed by atoms with van der Waals surface area (Å²) in [5.41, 5.74) is 1.28. The highest BCUT2D eigenvalue weighted by atomic mass is 19.2. The van der Waals surface area contributed by atoms with Crippen LogP contribution in [0, 0.1) is 18.6 Å². The van der Waals surface area contributed by atoms with E-state index in [0.29, 0.717) is 24.4 Å². The van der Waals surface area contributed by atoms with Crippen LogP contribution >= 0.6 is 0 Å². The summed E-state index contributed by atoms with van der Waals surface area (Å²) in [5.74, 6) is -1.05. The number of aromatic nitrogens is 2. The predicted octanol–water partition coefficient (Wildman–Crippen LogP) is 2.96. The van der Waals surface area contributed by atoms with E-state index < -0.39 is 11.6 Å². The number of aryl methyl sites for hydroxylation is 1. The normalized spacial score (nSPS) is 12.4. The van der Waals surface area contributed by atoms with Crippen molar-refractivity contribution < 1.29 is 8.78 Å². The van der Waals surface area contributed by atoms with Crippen LogP contribution in [-0.4, -0.2) is 16.5 Å².